The van der Waals surface area contributed by atoms with Gasteiger partial charge in [0.15, 0.2) is 0 Å². The van der Waals surface area contributed by atoms with E-state index in [0.717, 1.165) is 0 Å². The van der Waals surface area contributed by atoms with Crippen LogP contribution in [0, 0.1) is 0 Å². The van der Waals surface area contributed by atoms with Crippen molar-refractivity contribution in [1.29, 1.82) is 0 Å². The number of amidine groups is 1. The Morgan fingerprint density at radius 2 is 1.64 bits per heavy atom. The van der Waals surface area contributed by atoms with Crippen molar-refractivity contribution >= 4 is 38.5 Å². The highest BCUT2D eigenvalue weighted by molar-refractivity contribution is 7.90. The smallest absolute Gasteiger partial charge is 0.295 e. The molecule has 1 fully saturated rings. The minimum absolute atomic E-state index is 0.0379. The maximum atomic E-state index is 12.7. The summed E-state index contributed by atoms with van der Waals surface area (Å²) in [6.07, 6.45) is -0.153. The zero-order chi connectivity index (χ0) is 20.1. The molecule has 2 aromatic carbocycles. The number of imidazole rings is 1. The second kappa shape index (κ2) is 6.34. The maximum Gasteiger partial charge on any atom is 0.328 e. The Labute approximate surface area is 160 Å². The number of fused-ring (bicyclic) bond motifs is 1. The molecular weight excluding hydrogens is 382 g/mol. The van der Waals surface area contributed by atoms with Crippen LogP contribution in [0.3, 0.4) is 0 Å². The van der Waals surface area contributed by atoms with Crippen LogP contribution >= 0.6 is 0 Å². The Kier molecular flexibility index (Phi) is 4.07. The van der Waals surface area contributed by atoms with Crippen molar-refractivity contribution in [2.24, 2.45) is 18.5 Å². The first-order valence-corrected chi connectivity index (χ1v) is 9.86. The molecule has 1 aliphatic heterocycles. The molecule has 28 heavy (non-hydrogen) atoms. The summed E-state index contributed by atoms with van der Waals surface area (Å²) in [6.45, 7) is 0. The summed E-state index contributed by atoms with van der Waals surface area (Å²) in [5, 5.41) is 1.26. The summed E-state index contributed by atoms with van der Waals surface area (Å²) in [5.74, 6) is -0.267. The maximum absolute atomic E-state index is 12.7. The number of amides is 1. The molecule has 144 valence electrons. The van der Waals surface area contributed by atoms with Gasteiger partial charge in [-0.2, -0.15) is 8.42 Å². The molecule has 9 nitrogen and oxygen atoms in total. The number of aromatic nitrogens is 2. The predicted molar refractivity (Wildman–Crippen MR) is 104 cm³/mol. The van der Waals surface area contributed by atoms with Gasteiger partial charge >= 0.3 is 5.69 Å². The molecule has 1 aliphatic rings. The average Bonchev–Trinajstić information content (AvgIpc) is 3.14. The second-order valence-electron chi connectivity index (χ2n) is 6.42. The zero-order valence-corrected chi connectivity index (χ0v) is 16.0. The Morgan fingerprint density at radius 1 is 0.964 bits per heavy atom. The topological polar surface area (TPSA) is 106 Å². The number of anilines is 1. The Morgan fingerprint density at radius 3 is 2.36 bits per heavy atom. The number of carbonyl (C=O) groups excluding carboxylic acids is 1. The molecule has 10 heteroatoms. The molecule has 4 rings (SSSR count). The zero-order valence-electron chi connectivity index (χ0n) is 15.2. The van der Waals surface area contributed by atoms with Gasteiger partial charge in [0.1, 0.15) is 5.84 Å². The van der Waals surface area contributed by atoms with E-state index in [1.165, 1.54) is 26.3 Å². The molecular formula is C18H17N5O4S. The molecule has 3 aromatic rings. The van der Waals surface area contributed by atoms with Gasteiger partial charge in [0.25, 0.3) is 15.9 Å². The molecule has 0 spiro atoms. The summed E-state index contributed by atoms with van der Waals surface area (Å²) >= 11 is 0. The fourth-order valence-corrected chi connectivity index (χ4v) is 4.14. The minimum Gasteiger partial charge on any atom is -0.295 e. The van der Waals surface area contributed by atoms with E-state index >= 15 is 0 Å². The molecule has 0 saturated carbocycles. The van der Waals surface area contributed by atoms with Crippen molar-refractivity contribution in [2.45, 2.75) is 11.3 Å². The molecule has 0 radical (unpaired) electrons. The van der Waals surface area contributed by atoms with Gasteiger partial charge in [-0.05, 0) is 30.3 Å². The van der Waals surface area contributed by atoms with Gasteiger partial charge in [-0.15, -0.1) is 4.40 Å². The van der Waals surface area contributed by atoms with Crippen LogP contribution < -0.4 is 16.1 Å². The van der Waals surface area contributed by atoms with Gasteiger partial charge < -0.3 is 0 Å². The standard InChI is InChI=1S/C18H17N5O4S/c1-21-14-9-8-13(10-15(14)22(2)18(21)25)28(26,27)20-16-11-17(24)23(19-16)12-6-4-3-5-7-12/h3-10H,11H2,1-2H3,(H,19,20). The van der Waals surface area contributed by atoms with E-state index < -0.39 is 10.0 Å². The number of para-hydroxylation sites is 1. The van der Waals surface area contributed by atoms with Gasteiger partial charge in [-0.1, -0.05) is 18.2 Å². The number of hydrogen-bond donors (Lipinski definition) is 1. The first-order valence-electron chi connectivity index (χ1n) is 8.42. The molecule has 1 aromatic heterocycles. The van der Waals surface area contributed by atoms with Crippen LogP contribution in [0.25, 0.3) is 11.0 Å². The molecule has 0 atom stereocenters. The highest BCUT2D eigenvalue weighted by atomic mass is 32.2. The third-order valence-electron chi connectivity index (χ3n) is 4.60. The lowest BCUT2D eigenvalue weighted by Crippen LogP contribution is -2.36. The van der Waals surface area contributed by atoms with Crippen molar-refractivity contribution in [1.82, 2.24) is 14.6 Å². The van der Waals surface area contributed by atoms with E-state index in [-0.39, 0.29) is 28.7 Å². The van der Waals surface area contributed by atoms with E-state index in [9.17, 15) is 18.0 Å². The fourth-order valence-electron chi connectivity index (χ4n) is 3.14. The molecule has 0 aliphatic carbocycles. The number of sulfonamides is 1. The first kappa shape index (κ1) is 18.0. The minimum atomic E-state index is -4.06. The third kappa shape index (κ3) is 2.87. The number of hydrazine groups is 1. The van der Waals surface area contributed by atoms with E-state index in [4.69, 9.17) is 0 Å². The van der Waals surface area contributed by atoms with Crippen LogP contribution in [-0.4, -0.2) is 29.3 Å². The van der Waals surface area contributed by atoms with Crippen LogP contribution in [0.1, 0.15) is 6.42 Å². The third-order valence-corrected chi connectivity index (χ3v) is 5.91. The van der Waals surface area contributed by atoms with Crippen LogP contribution in [0.15, 0.2) is 62.6 Å². The molecule has 1 N–H and O–H groups in total. The normalized spacial score (nSPS) is 16.1. The summed E-state index contributed by atoms with van der Waals surface area (Å²) in [4.78, 5) is 24.2. The largest absolute Gasteiger partial charge is 0.328 e. The van der Waals surface area contributed by atoms with E-state index in [1.54, 1.807) is 44.4 Å². The monoisotopic (exact) mass is 399 g/mol. The lowest BCUT2D eigenvalue weighted by atomic mass is 10.3. The highest BCUT2D eigenvalue weighted by Gasteiger charge is 2.29. The molecule has 1 saturated heterocycles. The van der Waals surface area contributed by atoms with E-state index in [1.807, 2.05) is 6.07 Å². The lowest BCUT2D eigenvalue weighted by molar-refractivity contribution is -0.116. The van der Waals surface area contributed by atoms with Crippen molar-refractivity contribution in [3.63, 3.8) is 0 Å². The lowest BCUT2D eigenvalue weighted by Gasteiger charge is -2.15. The van der Waals surface area contributed by atoms with Gasteiger partial charge in [0.2, 0.25) is 0 Å². The summed E-state index contributed by atoms with van der Waals surface area (Å²) in [6, 6.07) is 13.2. The Bertz CT molecular complexity index is 1290. The number of benzene rings is 2. The summed E-state index contributed by atoms with van der Waals surface area (Å²) in [7, 11) is -0.875. The number of carbonyl (C=O) groups is 1. The number of nitrogens with one attached hydrogen (secondary N) is 1. The van der Waals surface area contributed by atoms with Gasteiger partial charge in [-0.3, -0.25) is 19.4 Å². The Balaban J connectivity index is 1.70. The van der Waals surface area contributed by atoms with Crippen LogP contribution in [0.5, 0.6) is 0 Å². The quantitative estimate of drug-likeness (QED) is 0.705. The molecule has 2 heterocycles. The van der Waals surface area contributed by atoms with Crippen molar-refractivity contribution in [3.05, 3.63) is 59.0 Å². The van der Waals surface area contributed by atoms with Crippen molar-refractivity contribution in [3.8, 4) is 0 Å². The van der Waals surface area contributed by atoms with E-state index in [2.05, 4.69) is 9.82 Å². The van der Waals surface area contributed by atoms with Crippen LogP contribution in [-0.2, 0) is 28.9 Å². The summed E-state index contributed by atoms with van der Waals surface area (Å²) in [5.41, 5.74) is 4.18. The molecule has 0 bridgehead atoms. The SMILES string of the molecule is Cn1c(=O)n(C)c2cc(S(=O)(=O)/N=C3\CC(=O)N(c4ccccc4)N3)ccc21. The molecule has 0 unspecified atom stereocenters. The van der Waals surface area contributed by atoms with Gasteiger partial charge in [0, 0.05) is 14.1 Å². The number of aryl methyl sites for hydroxylation is 2. The highest BCUT2D eigenvalue weighted by Crippen LogP contribution is 2.21. The predicted octanol–water partition coefficient (Wildman–Crippen LogP) is 0.906. The van der Waals surface area contributed by atoms with Crippen LogP contribution in [0.4, 0.5) is 5.69 Å². The van der Waals surface area contributed by atoms with E-state index in [0.29, 0.717) is 16.7 Å². The average molecular weight is 399 g/mol. The molecule has 1 amide bonds. The van der Waals surface area contributed by atoms with Crippen molar-refractivity contribution in [2.75, 3.05) is 5.01 Å². The second-order valence-corrected chi connectivity index (χ2v) is 8.02. The summed E-state index contributed by atoms with van der Waals surface area (Å²) < 4.78 is 32.1. The first-order chi connectivity index (χ1) is 13.3. The number of rotatable bonds is 3. The van der Waals surface area contributed by atoms with Crippen LogP contribution in [0.2, 0.25) is 0 Å². The fraction of sp³-hybridized carbons (Fsp3) is 0.167. The van der Waals surface area contributed by atoms with Gasteiger partial charge in [-0.25, -0.2) is 9.80 Å². The Hall–Kier alpha value is -3.40. The number of hydrogen-bond acceptors (Lipinski definition) is 4. The number of nitrogens with zero attached hydrogens (tertiary/aromatic N) is 4. The van der Waals surface area contributed by atoms with Crippen molar-refractivity contribution < 1.29 is 13.2 Å². The van der Waals surface area contributed by atoms with Gasteiger partial charge in [0.05, 0.1) is 28.0 Å².